The summed E-state index contributed by atoms with van der Waals surface area (Å²) in [4.78, 5) is 15.1. The number of halogens is 4. The van der Waals surface area contributed by atoms with Crippen LogP contribution in [0.4, 0.5) is 8.78 Å². The van der Waals surface area contributed by atoms with Crippen LogP contribution in [0, 0.1) is 3.57 Å². The van der Waals surface area contributed by atoms with Crippen molar-refractivity contribution >= 4 is 44.5 Å². The van der Waals surface area contributed by atoms with Crippen molar-refractivity contribution in [1.29, 1.82) is 0 Å². The maximum Gasteiger partial charge on any atom is 0.310 e. The number of nitrogens with zero attached hydrogens (tertiary/aromatic N) is 1. The van der Waals surface area contributed by atoms with Gasteiger partial charge in [-0.3, -0.25) is 9.78 Å². The van der Waals surface area contributed by atoms with E-state index in [1.54, 1.807) is 0 Å². The fourth-order valence-corrected chi connectivity index (χ4v) is 2.41. The quantitative estimate of drug-likeness (QED) is 0.427. The van der Waals surface area contributed by atoms with Crippen LogP contribution in [-0.4, -0.2) is 18.1 Å². The smallest absolute Gasteiger partial charge is 0.310 e. The summed E-state index contributed by atoms with van der Waals surface area (Å²) in [5, 5.41) is 0.220. The molecule has 0 aliphatic carbocycles. The number of ether oxygens (including phenoxy) is 1. The van der Waals surface area contributed by atoms with Crippen molar-refractivity contribution < 1.29 is 18.3 Å². The van der Waals surface area contributed by atoms with E-state index >= 15 is 0 Å². The average molecular weight is 420 g/mol. The van der Waals surface area contributed by atoms with Gasteiger partial charge in [-0.1, -0.05) is 15.9 Å². The lowest BCUT2D eigenvalue weighted by molar-refractivity contribution is -0.139. The predicted octanol–water partition coefficient (Wildman–Crippen LogP) is 3.23. The zero-order chi connectivity index (χ0) is 13.0. The molecule has 0 saturated carbocycles. The molecule has 0 aromatic carbocycles. The molecule has 0 aliphatic rings. The van der Waals surface area contributed by atoms with Crippen LogP contribution in [0.15, 0.2) is 6.20 Å². The molecule has 0 radical (unpaired) electrons. The average Bonchev–Trinajstić information content (AvgIpc) is 2.30. The first-order valence-electron chi connectivity index (χ1n) is 4.58. The van der Waals surface area contributed by atoms with Crippen molar-refractivity contribution in [3.8, 4) is 0 Å². The number of rotatable bonds is 4. The Balaban J connectivity index is 3.28. The Morgan fingerprint density at radius 2 is 2.29 bits per heavy atom. The lowest BCUT2D eigenvalue weighted by atomic mass is 10.0. The van der Waals surface area contributed by atoms with E-state index in [0.717, 1.165) is 0 Å². The van der Waals surface area contributed by atoms with Gasteiger partial charge in [0, 0.05) is 20.7 Å². The second-order valence-electron chi connectivity index (χ2n) is 3.13. The summed E-state index contributed by atoms with van der Waals surface area (Å²) >= 11 is 4.99. The molecular weight excluding hydrogens is 411 g/mol. The number of alkyl halides is 3. The Labute approximate surface area is 119 Å². The predicted molar refractivity (Wildman–Crippen MR) is 70.3 cm³/mol. The molecule has 1 heterocycles. The molecule has 3 nitrogen and oxygen atoms in total. The highest BCUT2D eigenvalue weighted by molar-refractivity contribution is 14.1. The minimum Gasteiger partial charge on any atom is -0.469 e. The summed E-state index contributed by atoms with van der Waals surface area (Å²) < 4.78 is 31.0. The van der Waals surface area contributed by atoms with Crippen molar-refractivity contribution in [3.05, 3.63) is 26.6 Å². The van der Waals surface area contributed by atoms with Crippen LogP contribution in [0.2, 0.25) is 0 Å². The van der Waals surface area contributed by atoms with Crippen LogP contribution in [0.5, 0.6) is 0 Å². The highest BCUT2D eigenvalue weighted by Crippen LogP contribution is 2.30. The second kappa shape index (κ2) is 6.58. The highest BCUT2D eigenvalue weighted by Gasteiger charge is 2.22. The standard InChI is InChI=1S/C10H9BrF2INO2/c1-17-8(16)2-5-6(14)4-15-7(3-11)9(5)10(12)13/h4,10H,2-3H2,1H3. The fourth-order valence-electron chi connectivity index (χ4n) is 1.35. The summed E-state index contributed by atoms with van der Waals surface area (Å²) in [6.45, 7) is 0. The molecule has 0 atom stereocenters. The Morgan fingerprint density at radius 3 is 2.76 bits per heavy atom. The lowest BCUT2D eigenvalue weighted by Crippen LogP contribution is -2.11. The van der Waals surface area contributed by atoms with Gasteiger partial charge in [-0.25, -0.2) is 8.78 Å². The molecule has 0 aliphatic heterocycles. The van der Waals surface area contributed by atoms with Crippen LogP contribution >= 0.6 is 38.5 Å². The zero-order valence-electron chi connectivity index (χ0n) is 8.84. The third-order valence-electron chi connectivity index (χ3n) is 2.15. The number of hydrogen-bond donors (Lipinski definition) is 0. The van der Waals surface area contributed by atoms with Crippen LogP contribution in [0.1, 0.15) is 23.2 Å². The first kappa shape index (κ1) is 14.7. The van der Waals surface area contributed by atoms with Gasteiger partial charge in [0.05, 0.1) is 19.2 Å². The van der Waals surface area contributed by atoms with Crippen LogP contribution in [-0.2, 0) is 21.3 Å². The maximum absolute atomic E-state index is 13.0. The van der Waals surface area contributed by atoms with E-state index in [1.807, 2.05) is 22.6 Å². The van der Waals surface area contributed by atoms with Crippen molar-refractivity contribution in [3.63, 3.8) is 0 Å². The monoisotopic (exact) mass is 419 g/mol. The molecule has 0 amide bonds. The van der Waals surface area contributed by atoms with Gasteiger partial charge in [0.15, 0.2) is 0 Å². The van der Waals surface area contributed by atoms with Gasteiger partial charge in [-0.05, 0) is 28.2 Å². The molecular formula is C10H9BrF2INO2. The Hall–Kier alpha value is -0.310. The third kappa shape index (κ3) is 3.57. The van der Waals surface area contributed by atoms with Crippen molar-refractivity contribution in [2.24, 2.45) is 0 Å². The number of carbonyl (C=O) groups is 1. The molecule has 0 fully saturated rings. The van der Waals surface area contributed by atoms with Gasteiger partial charge in [0.2, 0.25) is 0 Å². The zero-order valence-corrected chi connectivity index (χ0v) is 12.6. The van der Waals surface area contributed by atoms with E-state index in [-0.39, 0.29) is 28.6 Å². The summed E-state index contributed by atoms with van der Waals surface area (Å²) in [5.74, 6) is -0.545. The molecule has 1 aromatic rings. The van der Waals surface area contributed by atoms with Crippen molar-refractivity contribution in [2.75, 3.05) is 7.11 Å². The fraction of sp³-hybridized carbons (Fsp3) is 0.400. The molecule has 1 aromatic heterocycles. The van der Waals surface area contributed by atoms with Crippen molar-refractivity contribution in [1.82, 2.24) is 4.98 Å². The number of esters is 1. The number of methoxy groups -OCH3 is 1. The highest BCUT2D eigenvalue weighted by atomic mass is 127. The Bertz CT molecular complexity index is 429. The van der Waals surface area contributed by atoms with Gasteiger partial charge >= 0.3 is 5.97 Å². The largest absolute Gasteiger partial charge is 0.469 e. The first-order chi connectivity index (χ1) is 8.01. The van der Waals surface area contributed by atoms with Crippen LogP contribution < -0.4 is 0 Å². The van der Waals surface area contributed by atoms with Crippen LogP contribution in [0.3, 0.4) is 0 Å². The third-order valence-corrected chi connectivity index (χ3v) is 3.61. The van der Waals surface area contributed by atoms with Gasteiger partial charge in [0.1, 0.15) is 0 Å². The van der Waals surface area contributed by atoms with E-state index in [4.69, 9.17) is 0 Å². The van der Waals surface area contributed by atoms with Gasteiger partial charge in [-0.2, -0.15) is 0 Å². The molecule has 0 bridgehead atoms. The summed E-state index contributed by atoms with van der Waals surface area (Å²) in [5.41, 5.74) is 0.357. The normalized spacial score (nSPS) is 10.7. The molecule has 0 unspecified atom stereocenters. The molecule has 1 rings (SSSR count). The second-order valence-corrected chi connectivity index (χ2v) is 4.86. The number of aromatic nitrogens is 1. The minimum atomic E-state index is -2.66. The van der Waals surface area contributed by atoms with Gasteiger partial charge in [-0.15, -0.1) is 0 Å². The summed E-state index contributed by atoms with van der Waals surface area (Å²) in [7, 11) is 1.23. The van der Waals surface area contributed by atoms with E-state index in [1.165, 1.54) is 13.3 Å². The first-order valence-corrected chi connectivity index (χ1v) is 6.78. The SMILES string of the molecule is COC(=O)Cc1c(I)cnc(CBr)c1C(F)F. The summed E-state index contributed by atoms with van der Waals surface area (Å²) in [6, 6.07) is 0. The van der Waals surface area contributed by atoms with E-state index in [0.29, 0.717) is 3.57 Å². The summed E-state index contributed by atoms with van der Waals surface area (Å²) in [6.07, 6.45) is -1.36. The molecule has 94 valence electrons. The molecule has 7 heteroatoms. The number of hydrogen-bond acceptors (Lipinski definition) is 3. The molecule has 0 saturated heterocycles. The van der Waals surface area contributed by atoms with E-state index < -0.39 is 12.4 Å². The maximum atomic E-state index is 13.0. The Morgan fingerprint density at radius 1 is 1.65 bits per heavy atom. The van der Waals surface area contributed by atoms with Gasteiger partial charge < -0.3 is 4.74 Å². The molecule has 0 spiro atoms. The van der Waals surface area contributed by atoms with Crippen molar-refractivity contribution in [2.45, 2.75) is 18.2 Å². The molecule has 0 N–H and O–H groups in total. The number of carbonyl (C=O) groups excluding carboxylic acids is 1. The molecule has 17 heavy (non-hydrogen) atoms. The van der Waals surface area contributed by atoms with Crippen LogP contribution in [0.25, 0.3) is 0 Å². The number of pyridine rings is 1. The topological polar surface area (TPSA) is 39.2 Å². The van der Waals surface area contributed by atoms with E-state index in [9.17, 15) is 13.6 Å². The Kier molecular flexibility index (Phi) is 5.71. The lowest BCUT2D eigenvalue weighted by Gasteiger charge is -2.13. The van der Waals surface area contributed by atoms with E-state index in [2.05, 4.69) is 25.7 Å². The van der Waals surface area contributed by atoms with Gasteiger partial charge in [0.25, 0.3) is 6.43 Å². The minimum absolute atomic E-state index is 0.170.